The molecule has 5 heteroatoms. The Bertz CT molecular complexity index is 810. The van der Waals surface area contributed by atoms with Crippen LogP contribution in [0.25, 0.3) is 22.0 Å². The maximum atomic E-state index is 11.7. The molecule has 0 aliphatic rings. The van der Waals surface area contributed by atoms with Gasteiger partial charge in [-0.3, -0.25) is 4.79 Å². The molecule has 1 aromatic heterocycles. The van der Waals surface area contributed by atoms with E-state index < -0.39 is 0 Å². The van der Waals surface area contributed by atoms with Crippen LogP contribution in [0.3, 0.4) is 0 Å². The Balaban J connectivity index is 2.29. The van der Waals surface area contributed by atoms with Gasteiger partial charge in [-0.15, -0.1) is 0 Å². The normalized spacial score (nSPS) is 10.8. The molecule has 3 aromatic rings. The Kier molecular flexibility index (Phi) is 2.72. The number of nitrogens with zero attached hydrogens (tertiary/aromatic N) is 1. The summed E-state index contributed by atoms with van der Waals surface area (Å²) in [6.07, 6.45) is 1.27. The molecule has 2 N–H and O–H groups in total. The van der Waals surface area contributed by atoms with E-state index in [2.05, 4.69) is 9.97 Å². The fraction of sp³-hybridized carbons (Fsp3) is 0. The smallest absolute Gasteiger partial charge is 0.258 e. The van der Waals surface area contributed by atoms with Gasteiger partial charge in [0, 0.05) is 5.02 Å². The third kappa shape index (κ3) is 2.06. The highest BCUT2D eigenvalue weighted by Gasteiger charge is 2.08. The lowest BCUT2D eigenvalue weighted by Gasteiger charge is -2.05. The van der Waals surface area contributed by atoms with Crippen LogP contribution in [-0.4, -0.2) is 15.1 Å². The first-order valence-corrected chi connectivity index (χ1v) is 5.99. The van der Waals surface area contributed by atoms with Gasteiger partial charge in [0.05, 0.1) is 11.7 Å². The van der Waals surface area contributed by atoms with E-state index in [1.807, 2.05) is 12.1 Å². The van der Waals surface area contributed by atoms with Crippen molar-refractivity contribution < 1.29 is 5.11 Å². The fourth-order valence-corrected chi connectivity index (χ4v) is 2.10. The number of phenols is 1. The summed E-state index contributed by atoms with van der Waals surface area (Å²) in [6, 6.07) is 10.4. The molecule has 3 rings (SSSR count). The average Bonchev–Trinajstić information content (AvgIpc) is 2.41. The van der Waals surface area contributed by atoms with Gasteiger partial charge < -0.3 is 10.1 Å². The zero-order chi connectivity index (χ0) is 13.4. The molecule has 0 saturated heterocycles. The number of fused-ring (bicyclic) bond motifs is 1. The van der Waals surface area contributed by atoms with Crippen LogP contribution in [0.4, 0.5) is 0 Å². The topological polar surface area (TPSA) is 66.0 Å². The van der Waals surface area contributed by atoms with Crippen LogP contribution in [0.5, 0.6) is 5.75 Å². The second kappa shape index (κ2) is 4.40. The monoisotopic (exact) mass is 272 g/mol. The highest BCUT2D eigenvalue weighted by Crippen LogP contribution is 2.29. The molecule has 0 saturated carbocycles. The molecule has 1 heterocycles. The molecule has 2 aromatic carbocycles. The zero-order valence-electron chi connectivity index (χ0n) is 9.72. The Labute approximate surface area is 113 Å². The second-order valence-corrected chi connectivity index (χ2v) is 4.57. The van der Waals surface area contributed by atoms with Crippen LogP contribution >= 0.6 is 11.6 Å². The molecule has 0 unspecified atom stereocenters. The lowest BCUT2D eigenvalue weighted by Crippen LogP contribution is -2.06. The maximum Gasteiger partial charge on any atom is 0.258 e. The molecule has 0 spiro atoms. The Morgan fingerprint density at radius 2 is 1.84 bits per heavy atom. The molecule has 0 amide bonds. The molecule has 94 valence electrons. The summed E-state index contributed by atoms with van der Waals surface area (Å²) in [5, 5.41) is 10.9. The largest absolute Gasteiger partial charge is 0.506 e. The Morgan fingerprint density at radius 1 is 1.11 bits per heavy atom. The molecule has 4 nitrogen and oxygen atoms in total. The number of aromatic nitrogens is 2. The van der Waals surface area contributed by atoms with Gasteiger partial charge in [0.15, 0.2) is 0 Å². The molecule has 0 atom stereocenters. The van der Waals surface area contributed by atoms with Crippen molar-refractivity contribution in [1.29, 1.82) is 0 Å². The summed E-state index contributed by atoms with van der Waals surface area (Å²) in [7, 11) is 0. The fourth-order valence-electron chi connectivity index (χ4n) is 1.97. The van der Waals surface area contributed by atoms with Crippen molar-refractivity contribution in [2.75, 3.05) is 0 Å². The van der Waals surface area contributed by atoms with Crippen molar-refractivity contribution in [3.63, 3.8) is 0 Å². The van der Waals surface area contributed by atoms with Crippen molar-refractivity contribution in [3.8, 4) is 16.9 Å². The minimum absolute atomic E-state index is 0.0199. The van der Waals surface area contributed by atoms with Crippen LogP contribution < -0.4 is 5.56 Å². The van der Waals surface area contributed by atoms with Crippen molar-refractivity contribution in [2.24, 2.45) is 0 Å². The maximum absolute atomic E-state index is 11.7. The van der Waals surface area contributed by atoms with Gasteiger partial charge in [0.25, 0.3) is 5.56 Å². The molecule has 0 aliphatic carbocycles. The van der Waals surface area contributed by atoms with E-state index in [0.717, 1.165) is 11.1 Å². The molecule has 0 fully saturated rings. The van der Waals surface area contributed by atoms with Crippen molar-refractivity contribution in [2.45, 2.75) is 0 Å². The highest BCUT2D eigenvalue weighted by molar-refractivity contribution is 6.30. The quantitative estimate of drug-likeness (QED) is 0.716. The van der Waals surface area contributed by atoms with Crippen LogP contribution in [0, 0.1) is 0 Å². The first kappa shape index (κ1) is 11.7. The van der Waals surface area contributed by atoms with Crippen LogP contribution in [0.15, 0.2) is 47.5 Å². The van der Waals surface area contributed by atoms with E-state index in [9.17, 15) is 9.90 Å². The summed E-state index contributed by atoms with van der Waals surface area (Å²) in [4.78, 5) is 18.2. The minimum atomic E-state index is -0.281. The van der Waals surface area contributed by atoms with E-state index in [1.54, 1.807) is 24.3 Å². The molecule has 19 heavy (non-hydrogen) atoms. The van der Waals surface area contributed by atoms with Crippen LogP contribution in [-0.2, 0) is 0 Å². The third-order valence-electron chi connectivity index (χ3n) is 2.90. The van der Waals surface area contributed by atoms with Crippen LogP contribution in [0.2, 0.25) is 5.02 Å². The standard InChI is InChI=1S/C14H9ClN2O2/c15-10-3-1-8(2-4-10)9-5-11-13(12(18)6-9)16-7-17-14(11)19/h1-7,18H,(H,16,17,19). The van der Waals surface area contributed by atoms with E-state index in [-0.39, 0.29) is 11.3 Å². The lowest BCUT2D eigenvalue weighted by atomic mass is 10.0. The summed E-state index contributed by atoms with van der Waals surface area (Å²) >= 11 is 5.84. The van der Waals surface area contributed by atoms with Gasteiger partial charge in [0.2, 0.25) is 0 Å². The molecule has 0 aliphatic heterocycles. The molecule has 0 radical (unpaired) electrons. The number of aromatic amines is 1. The third-order valence-corrected chi connectivity index (χ3v) is 3.15. The number of phenolic OH excluding ortho intramolecular Hbond substituents is 1. The number of aromatic hydroxyl groups is 1. The van der Waals surface area contributed by atoms with E-state index >= 15 is 0 Å². The Hall–Kier alpha value is -2.33. The number of hydrogen-bond acceptors (Lipinski definition) is 3. The number of hydrogen-bond donors (Lipinski definition) is 2. The average molecular weight is 273 g/mol. The summed E-state index contributed by atoms with van der Waals surface area (Å²) in [6.45, 7) is 0. The summed E-state index contributed by atoms with van der Waals surface area (Å²) in [5.41, 5.74) is 1.61. The SMILES string of the molecule is O=c1[nH]cnc2c(O)cc(-c3ccc(Cl)cc3)cc12. The van der Waals surface area contributed by atoms with Crippen molar-refractivity contribution in [1.82, 2.24) is 9.97 Å². The van der Waals surface area contributed by atoms with Gasteiger partial charge in [-0.2, -0.15) is 0 Å². The summed E-state index contributed by atoms with van der Waals surface area (Å²) in [5.74, 6) is -0.0199. The zero-order valence-corrected chi connectivity index (χ0v) is 10.5. The number of nitrogens with one attached hydrogen (secondary N) is 1. The van der Waals surface area contributed by atoms with E-state index in [0.29, 0.717) is 15.9 Å². The van der Waals surface area contributed by atoms with Gasteiger partial charge in [-0.1, -0.05) is 23.7 Å². The molecular weight excluding hydrogens is 264 g/mol. The lowest BCUT2D eigenvalue weighted by molar-refractivity contribution is 0.480. The van der Waals surface area contributed by atoms with Crippen LogP contribution in [0.1, 0.15) is 0 Å². The predicted molar refractivity (Wildman–Crippen MR) is 74.5 cm³/mol. The summed E-state index contributed by atoms with van der Waals surface area (Å²) < 4.78 is 0. The van der Waals surface area contributed by atoms with Gasteiger partial charge in [-0.25, -0.2) is 4.98 Å². The molecular formula is C14H9ClN2O2. The number of H-pyrrole nitrogens is 1. The Morgan fingerprint density at radius 3 is 2.58 bits per heavy atom. The minimum Gasteiger partial charge on any atom is -0.506 e. The number of benzene rings is 2. The van der Waals surface area contributed by atoms with E-state index in [1.165, 1.54) is 6.33 Å². The van der Waals surface area contributed by atoms with Gasteiger partial charge in [0.1, 0.15) is 11.3 Å². The van der Waals surface area contributed by atoms with Gasteiger partial charge in [-0.05, 0) is 35.4 Å². The highest BCUT2D eigenvalue weighted by atomic mass is 35.5. The molecule has 0 bridgehead atoms. The van der Waals surface area contributed by atoms with Gasteiger partial charge >= 0.3 is 0 Å². The number of rotatable bonds is 1. The van der Waals surface area contributed by atoms with E-state index in [4.69, 9.17) is 11.6 Å². The number of halogens is 1. The first-order chi connectivity index (χ1) is 9.15. The van der Waals surface area contributed by atoms with Crippen molar-refractivity contribution >= 4 is 22.5 Å². The first-order valence-electron chi connectivity index (χ1n) is 5.61. The van der Waals surface area contributed by atoms with Crippen molar-refractivity contribution in [3.05, 3.63) is 58.1 Å². The predicted octanol–water partition coefficient (Wildman–Crippen LogP) is 2.95. The second-order valence-electron chi connectivity index (χ2n) is 4.13.